The fraction of sp³-hybridized carbons (Fsp3) is 0.950. The maximum atomic E-state index is 12.2. The van der Waals surface area contributed by atoms with Crippen molar-refractivity contribution in [3.63, 3.8) is 0 Å². The van der Waals surface area contributed by atoms with Gasteiger partial charge < -0.3 is 14.9 Å². The fourth-order valence-electron chi connectivity index (χ4n) is 6.58. The highest BCUT2D eigenvalue weighted by Gasteiger charge is 2.41. The van der Waals surface area contributed by atoms with E-state index in [4.69, 9.17) is 4.74 Å². The lowest BCUT2D eigenvalue weighted by Crippen LogP contribution is -2.44. The van der Waals surface area contributed by atoms with Crippen LogP contribution in [-0.4, -0.2) is 34.4 Å². The van der Waals surface area contributed by atoms with Gasteiger partial charge in [0.1, 0.15) is 0 Å². The molecule has 45 heavy (non-hydrogen) atoms. The first-order chi connectivity index (χ1) is 22.0. The van der Waals surface area contributed by atoms with Crippen LogP contribution in [0.3, 0.4) is 0 Å². The Morgan fingerprint density at radius 3 is 0.956 bits per heavy atom. The van der Waals surface area contributed by atoms with Gasteiger partial charge in [0.2, 0.25) is 0 Å². The summed E-state index contributed by atoms with van der Waals surface area (Å²) in [6.07, 6.45) is 40.6. The second-order valence-electron chi connectivity index (χ2n) is 14.1. The number of unbranched alkanes of at least 4 members (excludes halogenated alkanes) is 30. The van der Waals surface area contributed by atoms with Crippen molar-refractivity contribution in [2.45, 2.75) is 238 Å². The lowest BCUT2D eigenvalue weighted by Gasteiger charge is -2.28. The quantitative estimate of drug-likeness (QED) is 0.0657. The summed E-state index contributed by atoms with van der Waals surface area (Å²) >= 11 is 0. The summed E-state index contributed by atoms with van der Waals surface area (Å²) in [6.45, 7) is 4.87. The van der Waals surface area contributed by atoms with Crippen molar-refractivity contribution >= 4 is 11.9 Å². The molecule has 268 valence electrons. The molecular formula is C40H78O5. The van der Waals surface area contributed by atoms with E-state index in [1.54, 1.807) is 0 Å². The predicted octanol–water partition coefficient (Wildman–Crippen LogP) is 13.2. The van der Waals surface area contributed by atoms with Gasteiger partial charge in [0.05, 0.1) is 6.42 Å². The highest BCUT2D eigenvalue weighted by atomic mass is 16.5. The van der Waals surface area contributed by atoms with Gasteiger partial charge in [-0.15, -0.1) is 0 Å². The zero-order chi connectivity index (χ0) is 33.1. The summed E-state index contributed by atoms with van der Waals surface area (Å²) in [5, 5.41) is 19.4. The standard InChI is InChI=1S/C40H78O5/c1-3-5-7-9-11-13-15-17-19-21-23-25-27-29-31-33-35-40(39(43)44,37-38(41)42)45-36-34-32-30-28-26-24-22-20-18-16-14-12-10-8-6-4-2/h3-37H2,1-2H3,(H,41,42)(H,43,44). The molecule has 0 aromatic heterocycles. The Morgan fingerprint density at radius 1 is 0.422 bits per heavy atom. The van der Waals surface area contributed by atoms with Crippen molar-refractivity contribution in [3.05, 3.63) is 0 Å². The molecular weight excluding hydrogens is 560 g/mol. The SMILES string of the molecule is CCCCCCCCCCCCCCCCCCOC(CCCCCCCCCCCCCCCCCC)(CC(=O)O)C(=O)O. The summed E-state index contributed by atoms with van der Waals surface area (Å²) in [6, 6.07) is 0. The number of hydrogen-bond donors (Lipinski definition) is 2. The summed E-state index contributed by atoms with van der Waals surface area (Å²) in [7, 11) is 0. The summed E-state index contributed by atoms with van der Waals surface area (Å²) < 4.78 is 5.87. The molecule has 5 nitrogen and oxygen atoms in total. The largest absolute Gasteiger partial charge is 0.481 e. The first-order valence-corrected chi connectivity index (χ1v) is 20.1. The number of hydrogen-bond acceptors (Lipinski definition) is 3. The molecule has 2 N–H and O–H groups in total. The van der Waals surface area contributed by atoms with Crippen LogP contribution in [0.25, 0.3) is 0 Å². The Balaban J connectivity index is 3.85. The number of carbonyl (C=O) groups is 2. The molecule has 0 aliphatic carbocycles. The van der Waals surface area contributed by atoms with E-state index in [9.17, 15) is 19.8 Å². The molecule has 0 saturated carbocycles. The maximum absolute atomic E-state index is 12.2. The van der Waals surface area contributed by atoms with Crippen molar-refractivity contribution in [3.8, 4) is 0 Å². The van der Waals surface area contributed by atoms with E-state index < -0.39 is 24.0 Å². The number of aliphatic carboxylic acids is 2. The first kappa shape index (κ1) is 43.9. The van der Waals surface area contributed by atoms with Crippen molar-refractivity contribution in [2.75, 3.05) is 6.61 Å². The second-order valence-corrected chi connectivity index (χ2v) is 14.1. The Labute approximate surface area is 280 Å². The van der Waals surface area contributed by atoms with Crippen LogP contribution >= 0.6 is 0 Å². The Kier molecular flexibility index (Phi) is 33.4. The van der Waals surface area contributed by atoms with Gasteiger partial charge in [-0.3, -0.25) is 4.79 Å². The highest BCUT2D eigenvalue weighted by molar-refractivity contribution is 5.83. The molecule has 0 fully saturated rings. The zero-order valence-corrected chi connectivity index (χ0v) is 30.4. The molecule has 0 bridgehead atoms. The molecule has 0 rings (SSSR count). The van der Waals surface area contributed by atoms with Crippen LogP contribution in [0.5, 0.6) is 0 Å². The number of carboxylic acids is 2. The molecule has 0 radical (unpaired) electrons. The zero-order valence-electron chi connectivity index (χ0n) is 30.4. The third-order valence-corrected chi connectivity index (χ3v) is 9.64. The van der Waals surface area contributed by atoms with Crippen molar-refractivity contribution in [1.82, 2.24) is 0 Å². The van der Waals surface area contributed by atoms with Crippen LogP contribution in [-0.2, 0) is 14.3 Å². The number of ether oxygens (including phenoxy) is 1. The molecule has 0 aliphatic rings. The number of rotatable bonds is 38. The molecule has 1 atom stereocenters. The smallest absolute Gasteiger partial charge is 0.336 e. The summed E-state index contributed by atoms with van der Waals surface area (Å²) in [5.74, 6) is -2.22. The van der Waals surface area contributed by atoms with Gasteiger partial charge in [-0.05, 0) is 19.3 Å². The molecule has 1 unspecified atom stereocenters. The second kappa shape index (κ2) is 34.2. The fourth-order valence-corrected chi connectivity index (χ4v) is 6.58. The minimum Gasteiger partial charge on any atom is -0.481 e. The summed E-state index contributed by atoms with van der Waals surface area (Å²) in [4.78, 5) is 23.7. The molecule has 0 heterocycles. The van der Waals surface area contributed by atoms with Gasteiger partial charge in [0.15, 0.2) is 5.60 Å². The van der Waals surface area contributed by atoms with Crippen molar-refractivity contribution in [2.24, 2.45) is 0 Å². The van der Waals surface area contributed by atoms with Gasteiger partial charge in [0, 0.05) is 6.61 Å². The topological polar surface area (TPSA) is 83.8 Å². The van der Waals surface area contributed by atoms with Crippen LogP contribution < -0.4 is 0 Å². The van der Waals surface area contributed by atoms with Gasteiger partial charge in [-0.2, -0.15) is 0 Å². The van der Waals surface area contributed by atoms with E-state index in [0.29, 0.717) is 13.0 Å². The maximum Gasteiger partial charge on any atom is 0.336 e. The minimum atomic E-state index is -1.59. The average Bonchev–Trinajstić information content (AvgIpc) is 3.01. The van der Waals surface area contributed by atoms with E-state index in [2.05, 4.69) is 13.8 Å². The number of carboxylic acid groups (broad SMARTS) is 2. The minimum absolute atomic E-state index is 0.284. The van der Waals surface area contributed by atoms with Crippen LogP contribution in [0, 0.1) is 0 Å². The van der Waals surface area contributed by atoms with Crippen molar-refractivity contribution < 1.29 is 24.5 Å². The Bertz CT molecular complexity index is 636. The van der Waals surface area contributed by atoms with E-state index in [1.807, 2.05) is 0 Å². The normalized spacial score (nSPS) is 12.8. The lowest BCUT2D eigenvalue weighted by atomic mass is 9.91. The monoisotopic (exact) mass is 639 g/mol. The molecule has 0 amide bonds. The van der Waals surface area contributed by atoms with E-state index >= 15 is 0 Å². The van der Waals surface area contributed by atoms with Gasteiger partial charge >= 0.3 is 11.9 Å². The predicted molar refractivity (Wildman–Crippen MR) is 192 cm³/mol. The molecule has 0 spiro atoms. The highest BCUT2D eigenvalue weighted by Crippen LogP contribution is 2.26. The third-order valence-electron chi connectivity index (χ3n) is 9.64. The molecule has 0 aromatic rings. The molecule has 5 heteroatoms. The molecule has 0 aliphatic heterocycles. The van der Waals surface area contributed by atoms with E-state index in [0.717, 1.165) is 32.1 Å². The van der Waals surface area contributed by atoms with Crippen LogP contribution in [0.1, 0.15) is 232 Å². The van der Waals surface area contributed by atoms with Gasteiger partial charge in [-0.1, -0.05) is 206 Å². The molecule has 0 saturated heterocycles. The van der Waals surface area contributed by atoms with Crippen LogP contribution in [0.4, 0.5) is 0 Å². The van der Waals surface area contributed by atoms with Crippen molar-refractivity contribution in [1.29, 1.82) is 0 Å². The Hall–Kier alpha value is -1.10. The van der Waals surface area contributed by atoms with E-state index in [-0.39, 0.29) is 6.42 Å². The molecule has 0 aromatic carbocycles. The average molecular weight is 639 g/mol. The van der Waals surface area contributed by atoms with Gasteiger partial charge in [0.25, 0.3) is 0 Å². The Morgan fingerprint density at radius 2 is 0.689 bits per heavy atom. The first-order valence-electron chi connectivity index (χ1n) is 20.1. The van der Waals surface area contributed by atoms with Gasteiger partial charge in [-0.25, -0.2) is 4.79 Å². The van der Waals surface area contributed by atoms with Crippen LogP contribution in [0.2, 0.25) is 0 Å². The third kappa shape index (κ3) is 30.0. The van der Waals surface area contributed by atoms with Crippen LogP contribution in [0.15, 0.2) is 0 Å². The lowest BCUT2D eigenvalue weighted by molar-refractivity contribution is -0.174. The van der Waals surface area contributed by atoms with E-state index in [1.165, 1.54) is 167 Å². The summed E-state index contributed by atoms with van der Waals surface area (Å²) in [5.41, 5.74) is -1.59.